The van der Waals surface area contributed by atoms with Gasteiger partial charge in [0.1, 0.15) is 19.0 Å². The summed E-state index contributed by atoms with van der Waals surface area (Å²) in [7, 11) is 0. The molecule has 5 nitrogen and oxygen atoms in total. The molecule has 1 aliphatic rings. The Morgan fingerprint density at radius 2 is 1.58 bits per heavy atom. The summed E-state index contributed by atoms with van der Waals surface area (Å²) in [4.78, 5) is 26.6. The summed E-state index contributed by atoms with van der Waals surface area (Å²) in [6, 6.07) is 15.8. The first-order chi connectivity index (χ1) is 17.2. The third kappa shape index (κ3) is 6.50. The average molecular weight is 583 g/mol. The Kier molecular flexibility index (Phi) is 8.75. The molecule has 4 rings (SSSR count). The van der Waals surface area contributed by atoms with Crippen molar-refractivity contribution in [1.29, 1.82) is 0 Å². The first-order valence-electron chi connectivity index (χ1n) is 10.7. The van der Waals surface area contributed by atoms with E-state index in [2.05, 4.69) is 0 Å². The van der Waals surface area contributed by atoms with E-state index in [9.17, 15) is 9.59 Å². The second kappa shape index (κ2) is 11.8. The molecule has 186 valence electrons. The van der Waals surface area contributed by atoms with Crippen molar-refractivity contribution in [3.8, 4) is 11.5 Å². The van der Waals surface area contributed by atoms with Gasteiger partial charge in [0.25, 0.3) is 11.1 Å². The van der Waals surface area contributed by atoms with Crippen LogP contribution in [0.4, 0.5) is 4.79 Å². The largest absolute Gasteiger partial charge is 0.492 e. The number of thioether (sulfide) groups is 1. The summed E-state index contributed by atoms with van der Waals surface area (Å²) >= 11 is 25.8. The lowest BCUT2D eigenvalue weighted by atomic mass is 10.2. The molecule has 1 fully saturated rings. The first-order valence-corrected chi connectivity index (χ1v) is 13.0. The van der Waals surface area contributed by atoms with Crippen LogP contribution in [0.25, 0.3) is 6.08 Å². The molecule has 10 heteroatoms. The molecule has 1 heterocycles. The van der Waals surface area contributed by atoms with Gasteiger partial charge >= 0.3 is 0 Å². The molecule has 3 aromatic carbocycles. The minimum absolute atomic E-state index is 0.136. The van der Waals surface area contributed by atoms with Crippen LogP contribution in [0.15, 0.2) is 59.5 Å². The number of halogens is 4. The zero-order valence-corrected chi connectivity index (χ0v) is 22.7. The van der Waals surface area contributed by atoms with E-state index in [1.165, 1.54) is 0 Å². The molecule has 0 saturated carbocycles. The Labute approximate surface area is 232 Å². The van der Waals surface area contributed by atoms with Crippen molar-refractivity contribution in [2.24, 2.45) is 0 Å². The molecule has 3 aromatic rings. The third-order valence-electron chi connectivity index (χ3n) is 5.18. The Hall–Kier alpha value is -2.35. The molecular weight excluding hydrogens is 564 g/mol. The van der Waals surface area contributed by atoms with Gasteiger partial charge in [-0.1, -0.05) is 70.2 Å². The smallest absolute Gasteiger partial charge is 0.293 e. The maximum absolute atomic E-state index is 12.8. The highest BCUT2D eigenvalue weighted by Crippen LogP contribution is 2.38. The second-order valence-electron chi connectivity index (χ2n) is 7.83. The summed E-state index contributed by atoms with van der Waals surface area (Å²) in [5, 5.41) is 1.13. The molecule has 0 N–H and O–H groups in total. The SMILES string of the molecule is Cc1ccc(OCCN2C(=O)S/C(=C\c3cc(Cl)c(OCc4ccc(Cl)cc4Cl)c(Cl)c3)C2=O)cc1. The zero-order valence-electron chi connectivity index (χ0n) is 18.9. The van der Waals surface area contributed by atoms with E-state index >= 15 is 0 Å². The fourth-order valence-electron chi connectivity index (χ4n) is 3.32. The lowest BCUT2D eigenvalue weighted by Crippen LogP contribution is -2.32. The number of amides is 2. The Morgan fingerprint density at radius 3 is 2.25 bits per heavy atom. The van der Waals surface area contributed by atoms with Crippen LogP contribution in [0.3, 0.4) is 0 Å². The predicted molar refractivity (Wildman–Crippen MR) is 147 cm³/mol. The van der Waals surface area contributed by atoms with E-state index in [1.807, 2.05) is 31.2 Å². The van der Waals surface area contributed by atoms with E-state index < -0.39 is 5.91 Å². The molecule has 0 spiro atoms. The van der Waals surface area contributed by atoms with Crippen LogP contribution in [0, 0.1) is 6.92 Å². The minimum atomic E-state index is -0.401. The van der Waals surface area contributed by atoms with Gasteiger partial charge in [-0.25, -0.2) is 0 Å². The van der Waals surface area contributed by atoms with Crippen molar-refractivity contribution in [3.63, 3.8) is 0 Å². The molecule has 1 saturated heterocycles. The number of rotatable bonds is 8. The van der Waals surface area contributed by atoms with E-state index in [1.54, 1.807) is 36.4 Å². The number of carbonyl (C=O) groups is 2. The first kappa shape index (κ1) is 26.7. The lowest BCUT2D eigenvalue weighted by Gasteiger charge is -2.13. The fourth-order valence-corrected chi connectivity index (χ4v) is 5.26. The summed E-state index contributed by atoms with van der Waals surface area (Å²) in [6.07, 6.45) is 1.57. The lowest BCUT2D eigenvalue weighted by molar-refractivity contribution is -0.123. The summed E-state index contributed by atoms with van der Waals surface area (Å²) in [5.74, 6) is 0.554. The van der Waals surface area contributed by atoms with Crippen LogP contribution in [0.1, 0.15) is 16.7 Å². The van der Waals surface area contributed by atoms with Gasteiger partial charge in [-0.3, -0.25) is 14.5 Å². The van der Waals surface area contributed by atoms with E-state index in [0.717, 1.165) is 27.8 Å². The quantitative estimate of drug-likeness (QED) is 0.250. The van der Waals surface area contributed by atoms with Crippen molar-refractivity contribution in [2.75, 3.05) is 13.2 Å². The van der Waals surface area contributed by atoms with Crippen LogP contribution >= 0.6 is 58.2 Å². The van der Waals surface area contributed by atoms with Crippen LogP contribution in [0.2, 0.25) is 20.1 Å². The van der Waals surface area contributed by atoms with Gasteiger partial charge in [0.15, 0.2) is 5.75 Å². The number of benzene rings is 3. The van der Waals surface area contributed by atoms with Gasteiger partial charge in [-0.15, -0.1) is 0 Å². The van der Waals surface area contributed by atoms with E-state index in [4.69, 9.17) is 55.9 Å². The number of ether oxygens (including phenoxy) is 2. The van der Waals surface area contributed by atoms with Gasteiger partial charge < -0.3 is 9.47 Å². The second-order valence-corrected chi connectivity index (χ2v) is 10.5. The number of carbonyl (C=O) groups excluding carboxylic acids is 2. The number of aryl methyl sites for hydroxylation is 1. The maximum Gasteiger partial charge on any atom is 0.293 e. The molecule has 2 amide bonds. The molecule has 0 unspecified atom stereocenters. The Balaban J connectivity index is 1.41. The summed E-state index contributed by atoms with van der Waals surface area (Å²) in [6.45, 7) is 2.44. The van der Waals surface area contributed by atoms with Crippen molar-refractivity contribution >= 4 is 75.4 Å². The van der Waals surface area contributed by atoms with Crippen molar-refractivity contribution in [1.82, 2.24) is 4.90 Å². The van der Waals surface area contributed by atoms with Crippen LogP contribution < -0.4 is 9.47 Å². The third-order valence-corrected chi connectivity index (χ3v) is 7.24. The predicted octanol–water partition coefficient (Wildman–Crippen LogP) is 8.30. The number of nitrogens with zero attached hydrogens (tertiary/aromatic N) is 1. The highest BCUT2D eigenvalue weighted by Gasteiger charge is 2.34. The van der Waals surface area contributed by atoms with Gasteiger partial charge in [-0.05, 0) is 66.7 Å². The standard InChI is InChI=1S/C26H19Cl4NO4S/c1-15-2-6-19(7-3-15)34-9-8-31-25(32)23(36-26(31)33)12-16-10-21(29)24(22(30)11-16)35-14-17-4-5-18(27)13-20(17)28/h2-7,10-13H,8-9,14H2,1H3/b23-12-. The molecule has 0 aliphatic carbocycles. The fraction of sp³-hybridized carbons (Fsp3) is 0.154. The molecule has 0 bridgehead atoms. The van der Waals surface area contributed by atoms with Crippen LogP contribution in [0.5, 0.6) is 11.5 Å². The molecule has 36 heavy (non-hydrogen) atoms. The van der Waals surface area contributed by atoms with Crippen molar-refractivity contribution < 1.29 is 19.1 Å². The van der Waals surface area contributed by atoms with Gasteiger partial charge in [0.05, 0.1) is 21.5 Å². The Bertz CT molecular complexity index is 1320. The normalized spacial score (nSPS) is 14.6. The monoisotopic (exact) mass is 581 g/mol. The van der Waals surface area contributed by atoms with Gasteiger partial charge in [0, 0.05) is 15.6 Å². The van der Waals surface area contributed by atoms with Crippen LogP contribution in [-0.2, 0) is 11.4 Å². The minimum Gasteiger partial charge on any atom is -0.492 e. The van der Waals surface area contributed by atoms with Crippen molar-refractivity contribution in [3.05, 3.63) is 96.3 Å². The van der Waals surface area contributed by atoms with Crippen molar-refractivity contribution in [2.45, 2.75) is 13.5 Å². The molecule has 0 aromatic heterocycles. The van der Waals surface area contributed by atoms with E-state index in [0.29, 0.717) is 21.4 Å². The highest BCUT2D eigenvalue weighted by molar-refractivity contribution is 8.18. The molecule has 0 radical (unpaired) electrons. The molecule has 1 aliphatic heterocycles. The van der Waals surface area contributed by atoms with Crippen LogP contribution in [-0.4, -0.2) is 29.2 Å². The Morgan fingerprint density at radius 1 is 0.889 bits per heavy atom. The summed E-state index contributed by atoms with van der Waals surface area (Å²) < 4.78 is 11.4. The maximum atomic E-state index is 12.8. The number of imide groups is 1. The molecular formula is C26H19Cl4NO4S. The zero-order chi connectivity index (χ0) is 25.8. The highest BCUT2D eigenvalue weighted by atomic mass is 35.5. The van der Waals surface area contributed by atoms with Gasteiger partial charge in [0.2, 0.25) is 0 Å². The molecule has 0 atom stereocenters. The van der Waals surface area contributed by atoms with E-state index in [-0.39, 0.29) is 45.7 Å². The van der Waals surface area contributed by atoms with Gasteiger partial charge in [-0.2, -0.15) is 0 Å². The average Bonchev–Trinajstić information content (AvgIpc) is 3.08. The number of hydrogen-bond donors (Lipinski definition) is 0. The summed E-state index contributed by atoms with van der Waals surface area (Å²) in [5.41, 5.74) is 2.39. The number of hydrogen-bond acceptors (Lipinski definition) is 5. The topological polar surface area (TPSA) is 55.8 Å².